The third kappa shape index (κ3) is 3.29. The number of halogens is 3. The number of hydrogen-bond donors (Lipinski definition) is 0. The van der Waals surface area contributed by atoms with Crippen molar-refractivity contribution in [3.8, 4) is 5.69 Å². The van der Waals surface area contributed by atoms with Crippen LogP contribution in [0.3, 0.4) is 0 Å². The molecule has 1 atom stereocenters. The van der Waals surface area contributed by atoms with Gasteiger partial charge in [0, 0.05) is 25.1 Å². The van der Waals surface area contributed by atoms with Crippen LogP contribution in [0.15, 0.2) is 40.1 Å². The number of aromatic nitrogens is 2. The van der Waals surface area contributed by atoms with Crippen molar-refractivity contribution < 1.29 is 22.7 Å². The maximum absolute atomic E-state index is 13.2. The van der Waals surface area contributed by atoms with E-state index in [1.807, 2.05) is 0 Å². The minimum absolute atomic E-state index is 0.00531. The first kappa shape index (κ1) is 18.0. The van der Waals surface area contributed by atoms with E-state index in [1.165, 1.54) is 19.1 Å². The van der Waals surface area contributed by atoms with E-state index >= 15 is 0 Å². The summed E-state index contributed by atoms with van der Waals surface area (Å²) in [6.07, 6.45) is 0.570. The lowest BCUT2D eigenvalue weighted by atomic mass is 10.2. The predicted octanol–water partition coefficient (Wildman–Crippen LogP) is 1.97. The van der Waals surface area contributed by atoms with Gasteiger partial charge in [-0.25, -0.2) is 27.3 Å². The molecule has 0 saturated heterocycles. The lowest BCUT2D eigenvalue weighted by Crippen LogP contribution is -2.42. The zero-order valence-electron chi connectivity index (χ0n) is 13.7. The van der Waals surface area contributed by atoms with Crippen LogP contribution in [0.4, 0.5) is 13.2 Å². The van der Waals surface area contributed by atoms with Crippen LogP contribution in [0.1, 0.15) is 23.7 Å². The molecule has 3 rings (SSSR count). The van der Waals surface area contributed by atoms with Crippen molar-refractivity contribution in [1.82, 2.24) is 9.13 Å². The number of carbonyl (C=O) groups is 1. The monoisotopic (exact) mass is 368 g/mol. The van der Waals surface area contributed by atoms with Gasteiger partial charge < -0.3 is 4.74 Å². The third-order valence-electron chi connectivity index (χ3n) is 4.11. The molecule has 6 nitrogen and oxygen atoms in total. The fourth-order valence-corrected chi connectivity index (χ4v) is 2.60. The summed E-state index contributed by atoms with van der Waals surface area (Å²) < 4.78 is 45.9. The minimum Gasteiger partial charge on any atom is -0.462 e. The summed E-state index contributed by atoms with van der Waals surface area (Å²) in [7, 11) is 0. The molecule has 1 aliphatic carbocycles. The molecule has 0 amide bonds. The number of benzene rings is 1. The SMILES string of the molecule is CCOC(=O)c1cn(CC2CC2(F)F)c(=O)n(-c2ccc(F)cc2)c1=O. The van der Waals surface area contributed by atoms with Gasteiger partial charge in [-0.3, -0.25) is 9.36 Å². The molecule has 1 saturated carbocycles. The fourth-order valence-electron chi connectivity index (χ4n) is 2.60. The molecule has 1 aliphatic rings. The quantitative estimate of drug-likeness (QED) is 0.757. The van der Waals surface area contributed by atoms with Gasteiger partial charge in [-0.15, -0.1) is 0 Å². The van der Waals surface area contributed by atoms with Crippen LogP contribution in [-0.2, 0) is 11.3 Å². The number of ether oxygens (including phenoxy) is 1. The van der Waals surface area contributed by atoms with Crippen LogP contribution in [0, 0.1) is 11.7 Å². The van der Waals surface area contributed by atoms with Crippen LogP contribution in [-0.4, -0.2) is 27.6 Å². The highest BCUT2D eigenvalue weighted by molar-refractivity contribution is 5.88. The van der Waals surface area contributed by atoms with Gasteiger partial charge in [-0.05, 0) is 31.2 Å². The van der Waals surface area contributed by atoms with E-state index in [0.29, 0.717) is 4.57 Å². The summed E-state index contributed by atoms with van der Waals surface area (Å²) in [4.78, 5) is 37.2. The first-order chi connectivity index (χ1) is 12.2. The Kier molecular flexibility index (Phi) is 4.47. The maximum Gasteiger partial charge on any atom is 0.345 e. The Labute approximate surface area is 145 Å². The van der Waals surface area contributed by atoms with Crippen molar-refractivity contribution in [3.05, 3.63) is 62.7 Å². The van der Waals surface area contributed by atoms with Crippen molar-refractivity contribution in [2.24, 2.45) is 5.92 Å². The molecule has 26 heavy (non-hydrogen) atoms. The predicted molar refractivity (Wildman–Crippen MR) is 85.3 cm³/mol. The molecule has 2 aromatic rings. The standard InChI is InChI=1S/C17H15F3N2O4/c1-2-26-15(24)13-9-21(8-10-7-17(10,19)20)16(25)22(14(13)23)12-5-3-11(18)4-6-12/h3-6,9-10H,2,7-8H2,1H3. The zero-order valence-corrected chi connectivity index (χ0v) is 13.7. The van der Waals surface area contributed by atoms with E-state index in [4.69, 9.17) is 4.74 Å². The highest BCUT2D eigenvalue weighted by Crippen LogP contribution is 2.49. The Morgan fingerprint density at radius 1 is 1.27 bits per heavy atom. The number of hydrogen-bond acceptors (Lipinski definition) is 4. The number of rotatable bonds is 5. The molecule has 138 valence electrons. The average molecular weight is 368 g/mol. The molecular formula is C17H15F3N2O4. The van der Waals surface area contributed by atoms with E-state index in [1.54, 1.807) is 0 Å². The zero-order chi connectivity index (χ0) is 19.1. The second kappa shape index (κ2) is 6.47. The lowest BCUT2D eigenvalue weighted by Gasteiger charge is -2.12. The molecule has 0 N–H and O–H groups in total. The topological polar surface area (TPSA) is 70.3 Å². The Morgan fingerprint density at radius 2 is 1.88 bits per heavy atom. The highest BCUT2D eigenvalue weighted by atomic mass is 19.3. The molecule has 0 spiro atoms. The Morgan fingerprint density at radius 3 is 2.42 bits per heavy atom. The number of carbonyl (C=O) groups excluding carboxylic acids is 1. The Bertz CT molecular complexity index is 963. The van der Waals surface area contributed by atoms with E-state index < -0.39 is 40.4 Å². The smallest absolute Gasteiger partial charge is 0.345 e. The van der Waals surface area contributed by atoms with E-state index in [0.717, 1.165) is 22.9 Å². The number of esters is 1. The summed E-state index contributed by atoms with van der Waals surface area (Å²) in [5.41, 5.74) is -2.29. The number of alkyl halides is 2. The molecule has 1 fully saturated rings. The van der Waals surface area contributed by atoms with Gasteiger partial charge >= 0.3 is 11.7 Å². The van der Waals surface area contributed by atoms with Crippen molar-refractivity contribution in [3.63, 3.8) is 0 Å². The fraction of sp³-hybridized carbons (Fsp3) is 0.353. The first-order valence-electron chi connectivity index (χ1n) is 7.92. The summed E-state index contributed by atoms with van der Waals surface area (Å²) >= 11 is 0. The summed E-state index contributed by atoms with van der Waals surface area (Å²) in [5, 5.41) is 0. The highest BCUT2D eigenvalue weighted by Gasteiger charge is 2.56. The van der Waals surface area contributed by atoms with Gasteiger partial charge in [-0.2, -0.15) is 0 Å². The van der Waals surface area contributed by atoms with Gasteiger partial charge in [0.25, 0.3) is 11.5 Å². The van der Waals surface area contributed by atoms with Gasteiger partial charge in [-0.1, -0.05) is 0 Å². The minimum atomic E-state index is -2.87. The summed E-state index contributed by atoms with van der Waals surface area (Å²) in [5.74, 6) is -5.47. The lowest BCUT2D eigenvalue weighted by molar-refractivity contribution is 0.0522. The maximum atomic E-state index is 13.2. The molecule has 1 aromatic heterocycles. The van der Waals surface area contributed by atoms with E-state index in [9.17, 15) is 27.6 Å². The van der Waals surface area contributed by atoms with Crippen molar-refractivity contribution in [2.45, 2.75) is 25.8 Å². The van der Waals surface area contributed by atoms with Crippen LogP contribution in [0.2, 0.25) is 0 Å². The molecule has 0 bridgehead atoms. The average Bonchev–Trinajstić information content (AvgIpc) is 3.18. The third-order valence-corrected chi connectivity index (χ3v) is 4.11. The Hall–Kier alpha value is -2.84. The van der Waals surface area contributed by atoms with Crippen molar-refractivity contribution in [2.75, 3.05) is 6.61 Å². The van der Waals surface area contributed by atoms with Crippen LogP contribution in [0.5, 0.6) is 0 Å². The van der Waals surface area contributed by atoms with Crippen LogP contribution in [0.25, 0.3) is 5.69 Å². The van der Waals surface area contributed by atoms with E-state index in [2.05, 4.69) is 0 Å². The molecule has 0 radical (unpaired) electrons. The van der Waals surface area contributed by atoms with Gasteiger partial charge in [0.15, 0.2) is 0 Å². The largest absolute Gasteiger partial charge is 0.462 e. The normalized spacial score (nSPS) is 17.8. The van der Waals surface area contributed by atoms with Gasteiger partial charge in [0.05, 0.1) is 12.3 Å². The summed E-state index contributed by atoms with van der Waals surface area (Å²) in [6, 6.07) is 4.45. The molecule has 1 unspecified atom stereocenters. The van der Waals surface area contributed by atoms with Crippen molar-refractivity contribution in [1.29, 1.82) is 0 Å². The van der Waals surface area contributed by atoms with Gasteiger partial charge in [0.1, 0.15) is 11.4 Å². The summed E-state index contributed by atoms with van der Waals surface area (Å²) in [6.45, 7) is 1.19. The van der Waals surface area contributed by atoms with E-state index in [-0.39, 0.29) is 25.3 Å². The first-order valence-corrected chi connectivity index (χ1v) is 7.92. The van der Waals surface area contributed by atoms with Crippen LogP contribution < -0.4 is 11.2 Å². The molecule has 1 heterocycles. The van der Waals surface area contributed by atoms with Gasteiger partial charge in [0.2, 0.25) is 0 Å². The number of nitrogens with zero attached hydrogens (tertiary/aromatic N) is 2. The van der Waals surface area contributed by atoms with Crippen LogP contribution >= 0.6 is 0 Å². The molecular weight excluding hydrogens is 353 g/mol. The molecule has 1 aromatic carbocycles. The second-order valence-electron chi connectivity index (χ2n) is 5.98. The second-order valence-corrected chi connectivity index (χ2v) is 5.98. The van der Waals surface area contributed by atoms with Crippen molar-refractivity contribution >= 4 is 5.97 Å². The molecule has 9 heteroatoms. The molecule has 0 aliphatic heterocycles. The Balaban J connectivity index is 2.16.